The summed E-state index contributed by atoms with van der Waals surface area (Å²) in [5, 5.41) is 15.5. The summed E-state index contributed by atoms with van der Waals surface area (Å²) in [6.07, 6.45) is 15.3. The van der Waals surface area contributed by atoms with E-state index in [0.717, 1.165) is 50.8 Å². The summed E-state index contributed by atoms with van der Waals surface area (Å²) < 4.78 is 0. The fraction of sp³-hybridized carbons (Fsp3) is 0.696. The van der Waals surface area contributed by atoms with Crippen molar-refractivity contribution >= 4 is 11.7 Å². The molecule has 0 saturated heterocycles. The van der Waals surface area contributed by atoms with Crippen molar-refractivity contribution in [3.63, 3.8) is 0 Å². The molecule has 1 aromatic rings. The summed E-state index contributed by atoms with van der Waals surface area (Å²) in [6.45, 7) is 3.09. The van der Waals surface area contributed by atoms with E-state index in [2.05, 4.69) is 17.4 Å². The molecule has 0 saturated carbocycles. The summed E-state index contributed by atoms with van der Waals surface area (Å²) in [5.74, 6) is -0.906. The van der Waals surface area contributed by atoms with Crippen LogP contribution in [0.25, 0.3) is 0 Å². The van der Waals surface area contributed by atoms with Crippen molar-refractivity contribution in [3.8, 4) is 0 Å². The van der Waals surface area contributed by atoms with Crippen LogP contribution in [0.2, 0.25) is 0 Å². The molecule has 28 heavy (non-hydrogen) atoms. The van der Waals surface area contributed by atoms with E-state index in [4.69, 9.17) is 5.11 Å². The van der Waals surface area contributed by atoms with E-state index in [1.165, 1.54) is 44.9 Å². The van der Waals surface area contributed by atoms with Gasteiger partial charge in [0.2, 0.25) is 0 Å². The fourth-order valence-corrected chi connectivity index (χ4v) is 3.41. The molecule has 0 aliphatic heterocycles. The standard InChI is InChI=1S/C23H38N2O3/c1-2-3-4-5-6-7-8-10-13-22(25-28)14-11-9-12-19-24-21-17-15-20(16-18-21)23(26)27/h15-18,22,24H,2-14,19H2,1H3,(H,26,27). The number of carbonyl (C=O) groups is 1. The third kappa shape index (κ3) is 11.7. The number of rotatable bonds is 18. The first-order valence-corrected chi connectivity index (χ1v) is 11.1. The molecule has 158 valence electrons. The van der Waals surface area contributed by atoms with E-state index >= 15 is 0 Å². The van der Waals surface area contributed by atoms with E-state index < -0.39 is 5.97 Å². The van der Waals surface area contributed by atoms with Gasteiger partial charge in [0.25, 0.3) is 0 Å². The molecule has 1 unspecified atom stereocenters. The number of hydrogen-bond acceptors (Lipinski definition) is 4. The van der Waals surface area contributed by atoms with E-state index in [1.54, 1.807) is 24.3 Å². The van der Waals surface area contributed by atoms with Gasteiger partial charge in [0, 0.05) is 12.2 Å². The molecule has 5 nitrogen and oxygen atoms in total. The zero-order valence-electron chi connectivity index (χ0n) is 17.5. The van der Waals surface area contributed by atoms with Crippen molar-refractivity contribution in [2.24, 2.45) is 5.18 Å². The number of benzene rings is 1. The van der Waals surface area contributed by atoms with Crippen LogP contribution < -0.4 is 5.32 Å². The first kappa shape index (κ1) is 24.1. The van der Waals surface area contributed by atoms with Gasteiger partial charge in [-0.3, -0.25) is 0 Å². The third-order valence-electron chi connectivity index (χ3n) is 5.22. The van der Waals surface area contributed by atoms with E-state index in [9.17, 15) is 9.70 Å². The Kier molecular flexibility index (Phi) is 13.9. The Morgan fingerprint density at radius 1 is 0.893 bits per heavy atom. The highest BCUT2D eigenvalue weighted by Crippen LogP contribution is 2.16. The summed E-state index contributed by atoms with van der Waals surface area (Å²) in [7, 11) is 0. The third-order valence-corrected chi connectivity index (χ3v) is 5.22. The number of anilines is 1. The van der Waals surface area contributed by atoms with E-state index in [1.807, 2.05) is 0 Å². The molecule has 0 heterocycles. The van der Waals surface area contributed by atoms with Crippen LogP contribution in [0.5, 0.6) is 0 Å². The molecular weight excluding hydrogens is 352 g/mol. The predicted molar refractivity (Wildman–Crippen MR) is 117 cm³/mol. The van der Waals surface area contributed by atoms with E-state index in [-0.39, 0.29) is 6.04 Å². The summed E-state index contributed by atoms with van der Waals surface area (Å²) in [4.78, 5) is 21.8. The number of aromatic carboxylic acids is 1. The topological polar surface area (TPSA) is 78.8 Å². The number of nitrogens with zero attached hydrogens (tertiary/aromatic N) is 1. The maximum atomic E-state index is 11.0. The van der Waals surface area contributed by atoms with Gasteiger partial charge in [0.1, 0.15) is 0 Å². The number of unbranched alkanes of at least 4 members (excludes halogenated alkanes) is 9. The van der Waals surface area contributed by atoms with Gasteiger partial charge in [0.05, 0.1) is 11.6 Å². The molecule has 1 aromatic carbocycles. The van der Waals surface area contributed by atoms with Crippen LogP contribution in [-0.2, 0) is 0 Å². The Morgan fingerprint density at radius 3 is 1.96 bits per heavy atom. The largest absolute Gasteiger partial charge is 0.478 e. The van der Waals surface area contributed by atoms with Gasteiger partial charge < -0.3 is 10.4 Å². The second kappa shape index (κ2) is 16.1. The van der Waals surface area contributed by atoms with Crippen LogP contribution in [0, 0.1) is 4.91 Å². The normalized spacial score (nSPS) is 11.9. The molecule has 0 aromatic heterocycles. The van der Waals surface area contributed by atoms with Crippen molar-refractivity contribution in [3.05, 3.63) is 34.7 Å². The van der Waals surface area contributed by atoms with Crippen molar-refractivity contribution in [1.82, 2.24) is 0 Å². The van der Waals surface area contributed by atoms with Crippen LogP contribution in [0.4, 0.5) is 5.69 Å². The maximum Gasteiger partial charge on any atom is 0.335 e. The first-order valence-electron chi connectivity index (χ1n) is 11.1. The highest BCUT2D eigenvalue weighted by Gasteiger charge is 2.08. The molecule has 0 radical (unpaired) electrons. The minimum absolute atomic E-state index is 0.0170. The van der Waals surface area contributed by atoms with Gasteiger partial charge >= 0.3 is 5.97 Å². The molecule has 5 heteroatoms. The quantitative estimate of drug-likeness (QED) is 0.208. The Bertz CT molecular complexity index is 531. The van der Waals surface area contributed by atoms with Crippen LogP contribution >= 0.6 is 0 Å². The SMILES string of the molecule is CCCCCCCCCCC(CCCCCNc1ccc(C(=O)O)cc1)N=O. The lowest BCUT2D eigenvalue weighted by Gasteiger charge is -2.10. The van der Waals surface area contributed by atoms with Gasteiger partial charge in [0.15, 0.2) is 0 Å². The number of nitrogens with one attached hydrogen (secondary N) is 1. The molecule has 0 bridgehead atoms. The van der Waals surface area contributed by atoms with Crippen LogP contribution in [0.3, 0.4) is 0 Å². The molecule has 0 aliphatic carbocycles. The highest BCUT2D eigenvalue weighted by atomic mass is 16.4. The lowest BCUT2D eigenvalue weighted by Crippen LogP contribution is -2.05. The highest BCUT2D eigenvalue weighted by molar-refractivity contribution is 5.87. The maximum absolute atomic E-state index is 11.0. The Balaban J connectivity index is 1.99. The minimum Gasteiger partial charge on any atom is -0.478 e. The lowest BCUT2D eigenvalue weighted by atomic mass is 10.0. The van der Waals surface area contributed by atoms with Crippen molar-refractivity contribution in [2.45, 2.75) is 96.4 Å². The Morgan fingerprint density at radius 2 is 1.43 bits per heavy atom. The zero-order valence-corrected chi connectivity index (χ0v) is 17.5. The summed E-state index contributed by atoms with van der Waals surface area (Å²) in [6, 6.07) is 6.78. The summed E-state index contributed by atoms with van der Waals surface area (Å²) in [5.41, 5.74) is 1.24. The second-order valence-corrected chi connectivity index (χ2v) is 7.68. The summed E-state index contributed by atoms with van der Waals surface area (Å²) >= 11 is 0. The smallest absolute Gasteiger partial charge is 0.335 e. The van der Waals surface area contributed by atoms with E-state index in [0.29, 0.717) is 5.56 Å². The van der Waals surface area contributed by atoms with Gasteiger partial charge in [-0.05, 0) is 43.5 Å². The number of carboxylic acid groups (broad SMARTS) is 1. The van der Waals surface area contributed by atoms with Crippen molar-refractivity contribution in [2.75, 3.05) is 11.9 Å². The minimum atomic E-state index is -0.906. The van der Waals surface area contributed by atoms with Gasteiger partial charge in [-0.2, -0.15) is 4.91 Å². The monoisotopic (exact) mass is 390 g/mol. The molecular formula is C23H38N2O3. The molecule has 0 fully saturated rings. The molecule has 1 atom stereocenters. The number of carboxylic acids is 1. The average Bonchev–Trinajstić information content (AvgIpc) is 2.71. The van der Waals surface area contributed by atoms with Crippen molar-refractivity contribution < 1.29 is 9.90 Å². The first-order chi connectivity index (χ1) is 13.7. The Hall–Kier alpha value is -1.91. The average molecular weight is 391 g/mol. The van der Waals surface area contributed by atoms with Gasteiger partial charge in [-0.15, -0.1) is 0 Å². The van der Waals surface area contributed by atoms with Gasteiger partial charge in [-0.25, -0.2) is 4.79 Å². The molecule has 2 N–H and O–H groups in total. The van der Waals surface area contributed by atoms with Gasteiger partial charge in [-0.1, -0.05) is 76.3 Å². The van der Waals surface area contributed by atoms with Crippen molar-refractivity contribution in [1.29, 1.82) is 0 Å². The van der Waals surface area contributed by atoms with Crippen LogP contribution in [0.1, 0.15) is 101 Å². The number of hydrogen-bond donors (Lipinski definition) is 2. The molecule has 0 amide bonds. The molecule has 0 spiro atoms. The predicted octanol–water partition coefficient (Wildman–Crippen LogP) is 7.02. The fourth-order valence-electron chi connectivity index (χ4n) is 3.41. The van der Waals surface area contributed by atoms with Crippen LogP contribution in [0.15, 0.2) is 29.4 Å². The van der Waals surface area contributed by atoms with Crippen LogP contribution in [-0.4, -0.2) is 23.7 Å². The molecule has 1 rings (SSSR count). The second-order valence-electron chi connectivity index (χ2n) is 7.68. The number of nitroso groups, excluding NO2 is 1. The zero-order chi connectivity index (χ0) is 20.5. The Labute approximate surface area is 170 Å². The lowest BCUT2D eigenvalue weighted by molar-refractivity contribution is 0.0697. The molecule has 0 aliphatic rings.